The van der Waals surface area contributed by atoms with Gasteiger partial charge in [0.05, 0.1) is 0 Å². The zero-order valence-corrected chi connectivity index (χ0v) is 5.24. The van der Waals surface area contributed by atoms with Crippen molar-refractivity contribution in [2.45, 2.75) is 12.6 Å². The molecule has 0 aliphatic heterocycles. The van der Waals surface area contributed by atoms with Crippen LogP contribution >= 0.6 is 0 Å². The fourth-order valence-corrected chi connectivity index (χ4v) is 0.445. The summed E-state index contributed by atoms with van der Waals surface area (Å²) in [7, 11) is 0. The van der Waals surface area contributed by atoms with E-state index in [1.165, 1.54) is 0 Å². The van der Waals surface area contributed by atoms with Gasteiger partial charge in [-0.25, -0.2) is 0 Å². The summed E-state index contributed by atoms with van der Waals surface area (Å²) < 4.78 is 0. The highest BCUT2D eigenvalue weighted by Crippen LogP contribution is 1.78. The van der Waals surface area contributed by atoms with E-state index in [4.69, 9.17) is 0 Å². The average Bonchev–Trinajstić information content (AvgIpc) is 1.90. The van der Waals surface area contributed by atoms with Crippen LogP contribution in [0.3, 0.4) is 0 Å². The number of aldehydes is 1. The lowest BCUT2D eigenvalue weighted by atomic mass is 10.4. The van der Waals surface area contributed by atoms with E-state index in [0.29, 0.717) is 19.1 Å². The first-order valence-electron chi connectivity index (χ1n) is 2.68. The number of rotatable bonds is 6. The first kappa shape index (κ1) is 8.61. The first-order valence-corrected chi connectivity index (χ1v) is 2.68. The lowest BCUT2D eigenvalue weighted by Gasteiger charge is -2.09. The molecule has 5 nitrogen and oxygen atoms in total. The van der Waals surface area contributed by atoms with Gasteiger partial charge in [-0.15, -0.1) is 0 Å². The van der Waals surface area contributed by atoms with E-state index in [-0.39, 0.29) is 6.42 Å². The predicted molar refractivity (Wildman–Crippen MR) is 32.9 cm³/mol. The molecule has 10 heavy (non-hydrogen) atoms. The quantitative estimate of drug-likeness (QED) is 0.348. The molecule has 0 saturated carbocycles. The minimum Gasteiger partial charge on any atom is -0.338 e. The number of carbonyl (C=O) groups is 3. The molecule has 5 heteroatoms. The van der Waals surface area contributed by atoms with Gasteiger partial charge in [-0.3, -0.25) is 9.59 Å². The summed E-state index contributed by atoms with van der Waals surface area (Å²) in [6, 6.07) is 0. The lowest BCUT2D eigenvalue weighted by molar-refractivity contribution is -0.113. The molecule has 56 valence electrons. The second kappa shape index (κ2) is 5.74. The van der Waals surface area contributed by atoms with Crippen molar-refractivity contribution in [3.8, 4) is 0 Å². The van der Waals surface area contributed by atoms with Crippen molar-refractivity contribution in [1.82, 2.24) is 10.6 Å². The molecule has 0 aromatic rings. The molecule has 0 atom stereocenters. The van der Waals surface area contributed by atoms with Crippen LogP contribution in [0.5, 0.6) is 0 Å². The van der Waals surface area contributed by atoms with Crippen molar-refractivity contribution in [1.29, 1.82) is 0 Å². The average molecular weight is 144 g/mol. The Kier molecular flexibility index (Phi) is 4.94. The Morgan fingerprint density at radius 1 is 1.10 bits per heavy atom. The maximum atomic E-state index is 9.85. The highest BCUT2D eigenvalue weighted by atomic mass is 16.1. The van der Waals surface area contributed by atoms with E-state index in [1.54, 1.807) is 0 Å². The highest BCUT2D eigenvalue weighted by molar-refractivity contribution is 5.56. The molecule has 0 fully saturated rings. The lowest BCUT2D eigenvalue weighted by Crippen LogP contribution is -2.40. The largest absolute Gasteiger partial charge is 0.338 e. The Morgan fingerprint density at radius 3 is 1.90 bits per heavy atom. The molecular weight excluding hydrogens is 136 g/mol. The van der Waals surface area contributed by atoms with Gasteiger partial charge in [0.15, 0.2) is 0 Å². The standard InChI is InChI=1S/C5H8N2O3/c8-2-1-5(6-3-9)7-4-10/h2-5H,1H2,(H,6,9)(H,7,10). The smallest absolute Gasteiger partial charge is 0.208 e. The Balaban J connectivity index is 3.58. The molecule has 0 saturated heterocycles. The Bertz CT molecular complexity index is 102. The van der Waals surface area contributed by atoms with Gasteiger partial charge in [0.25, 0.3) is 0 Å². The number of hydrogen-bond donors (Lipinski definition) is 2. The normalized spacial score (nSPS) is 8.50. The van der Waals surface area contributed by atoms with Crippen LogP contribution in [0.25, 0.3) is 0 Å². The summed E-state index contributed by atoms with van der Waals surface area (Å²) >= 11 is 0. The summed E-state index contributed by atoms with van der Waals surface area (Å²) in [5.41, 5.74) is 0. The van der Waals surface area contributed by atoms with E-state index >= 15 is 0 Å². The van der Waals surface area contributed by atoms with E-state index in [9.17, 15) is 14.4 Å². The van der Waals surface area contributed by atoms with Crippen LogP contribution in [-0.4, -0.2) is 25.3 Å². The van der Waals surface area contributed by atoms with Gasteiger partial charge in [-0.05, 0) is 0 Å². The van der Waals surface area contributed by atoms with Crippen LogP contribution in [-0.2, 0) is 14.4 Å². The number of hydrogen-bond acceptors (Lipinski definition) is 3. The van der Waals surface area contributed by atoms with Crippen LogP contribution in [0.2, 0.25) is 0 Å². The third-order valence-electron chi connectivity index (χ3n) is 0.870. The number of amides is 2. The number of carbonyl (C=O) groups excluding carboxylic acids is 3. The maximum Gasteiger partial charge on any atom is 0.208 e. The summed E-state index contributed by atoms with van der Waals surface area (Å²) in [4.78, 5) is 29.4. The van der Waals surface area contributed by atoms with Gasteiger partial charge in [0, 0.05) is 6.42 Å². The summed E-state index contributed by atoms with van der Waals surface area (Å²) in [6.45, 7) is 0. The molecule has 0 aliphatic rings. The van der Waals surface area contributed by atoms with Gasteiger partial charge in [0.1, 0.15) is 12.5 Å². The van der Waals surface area contributed by atoms with Crippen LogP contribution in [0.4, 0.5) is 0 Å². The van der Waals surface area contributed by atoms with E-state index in [1.807, 2.05) is 0 Å². The van der Waals surface area contributed by atoms with Crippen molar-refractivity contribution >= 4 is 19.1 Å². The Hall–Kier alpha value is -1.39. The summed E-state index contributed by atoms with van der Waals surface area (Å²) in [5, 5.41) is 4.46. The Labute approximate surface area is 57.8 Å². The zero-order valence-electron chi connectivity index (χ0n) is 5.24. The molecule has 0 unspecified atom stereocenters. The van der Waals surface area contributed by atoms with Gasteiger partial charge in [-0.1, -0.05) is 0 Å². The molecular formula is C5H8N2O3. The molecule has 2 N–H and O–H groups in total. The summed E-state index contributed by atoms with van der Waals surface area (Å²) in [5.74, 6) is 0. The van der Waals surface area contributed by atoms with Crippen LogP contribution in [0.15, 0.2) is 0 Å². The minimum absolute atomic E-state index is 0.0808. The van der Waals surface area contributed by atoms with Gasteiger partial charge in [0.2, 0.25) is 12.8 Å². The second-order valence-corrected chi connectivity index (χ2v) is 1.52. The van der Waals surface area contributed by atoms with Crippen LogP contribution in [0, 0.1) is 0 Å². The SMILES string of the molecule is O=CCC(NC=O)NC=O. The van der Waals surface area contributed by atoms with Gasteiger partial charge in [-0.2, -0.15) is 0 Å². The molecule has 0 bridgehead atoms. The molecule has 0 aliphatic carbocycles. The van der Waals surface area contributed by atoms with Crippen LogP contribution < -0.4 is 10.6 Å². The molecule has 0 radical (unpaired) electrons. The number of nitrogens with one attached hydrogen (secondary N) is 2. The van der Waals surface area contributed by atoms with E-state index in [2.05, 4.69) is 10.6 Å². The molecule has 0 spiro atoms. The third kappa shape index (κ3) is 3.59. The summed E-state index contributed by atoms with van der Waals surface area (Å²) in [6.07, 6.45) is 0.956. The minimum atomic E-state index is -0.576. The molecule has 0 rings (SSSR count). The van der Waals surface area contributed by atoms with Crippen LogP contribution in [0.1, 0.15) is 6.42 Å². The van der Waals surface area contributed by atoms with E-state index < -0.39 is 6.17 Å². The van der Waals surface area contributed by atoms with Crippen molar-refractivity contribution in [2.24, 2.45) is 0 Å². The van der Waals surface area contributed by atoms with Crippen molar-refractivity contribution in [2.75, 3.05) is 0 Å². The van der Waals surface area contributed by atoms with Gasteiger partial charge < -0.3 is 15.4 Å². The van der Waals surface area contributed by atoms with Gasteiger partial charge >= 0.3 is 0 Å². The molecule has 0 heterocycles. The zero-order chi connectivity index (χ0) is 7.82. The highest BCUT2D eigenvalue weighted by Gasteiger charge is 2.01. The van der Waals surface area contributed by atoms with E-state index in [0.717, 1.165) is 0 Å². The maximum absolute atomic E-state index is 9.85. The first-order chi connectivity index (χ1) is 4.85. The molecule has 0 aromatic carbocycles. The van der Waals surface area contributed by atoms with Crippen molar-refractivity contribution in [3.05, 3.63) is 0 Å². The molecule has 0 aromatic heterocycles. The van der Waals surface area contributed by atoms with Crippen molar-refractivity contribution < 1.29 is 14.4 Å². The Morgan fingerprint density at radius 2 is 1.60 bits per heavy atom. The molecule has 2 amide bonds. The fraction of sp³-hybridized carbons (Fsp3) is 0.400. The third-order valence-corrected chi connectivity index (χ3v) is 0.870. The van der Waals surface area contributed by atoms with Crippen molar-refractivity contribution in [3.63, 3.8) is 0 Å². The topological polar surface area (TPSA) is 75.3 Å². The monoisotopic (exact) mass is 144 g/mol. The fourth-order valence-electron chi connectivity index (χ4n) is 0.445. The predicted octanol–water partition coefficient (Wildman–Crippen LogP) is -1.61. The second-order valence-electron chi connectivity index (χ2n) is 1.52.